The number of urea groups is 1. The highest BCUT2D eigenvalue weighted by Gasteiger charge is 2.33. The van der Waals surface area contributed by atoms with Crippen molar-refractivity contribution in [2.24, 2.45) is 0 Å². The molecule has 4 nitrogen and oxygen atoms in total. The lowest BCUT2D eigenvalue weighted by Gasteiger charge is -2.15. The van der Waals surface area contributed by atoms with Gasteiger partial charge in [-0.15, -0.1) is 0 Å². The summed E-state index contributed by atoms with van der Waals surface area (Å²) in [6.45, 7) is 5.42. The number of unbranched alkanes of at least 4 members (excludes halogenated alkanes) is 2. The van der Waals surface area contributed by atoms with Gasteiger partial charge in [0.15, 0.2) is 0 Å². The van der Waals surface area contributed by atoms with Crippen molar-refractivity contribution in [1.82, 2.24) is 9.80 Å². The second-order valence-corrected chi connectivity index (χ2v) is 3.55. The fourth-order valence-electron chi connectivity index (χ4n) is 1.63. The molecule has 14 heavy (non-hydrogen) atoms. The van der Waals surface area contributed by atoms with Crippen LogP contribution in [0.1, 0.15) is 33.1 Å². The molecule has 0 N–H and O–H groups in total. The van der Waals surface area contributed by atoms with Crippen molar-refractivity contribution in [2.45, 2.75) is 33.1 Å². The molecule has 0 aliphatic carbocycles. The summed E-state index contributed by atoms with van der Waals surface area (Å²) in [6.07, 6.45) is 3.24. The molecular weight excluding hydrogens is 180 g/mol. The van der Waals surface area contributed by atoms with Crippen LogP contribution in [0.3, 0.4) is 0 Å². The van der Waals surface area contributed by atoms with E-state index in [-0.39, 0.29) is 18.5 Å². The molecule has 0 spiro atoms. The molecule has 0 bridgehead atoms. The van der Waals surface area contributed by atoms with E-state index < -0.39 is 0 Å². The number of carbonyl (C=O) groups excluding carboxylic acids is 2. The Morgan fingerprint density at radius 1 is 1.21 bits per heavy atom. The Morgan fingerprint density at radius 3 is 2.43 bits per heavy atom. The van der Waals surface area contributed by atoms with E-state index in [1.807, 2.05) is 6.92 Å². The van der Waals surface area contributed by atoms with Gasteiger partial charge < -0.3 is 4.90 Å². The molecule has 0 saturated carbocycles. The summed E-state index contributed by atoms with van der Waals surface area (Å²) in [5.41, 5.74) is 0. The summed E-state index contributed by atoms with van der Waals surface area (Å²) >= 11 is 0. The number of imide groups is 1. The maximum atomic E-state index is 11.6. The lowest BCUT2D eigenvalue weighted by Crippen LogP contribution is -2.33. The number of likely N-dealkylation sites (N-methyl/N-ethyl adjacent to an activating group) is 1. The van der Waals surface area contributed by atoms with Crippen molar-refractivity contribution in [3.8, 4) is 0 Å². The van der Waals surface area contributed by atoms with E-state index in [0.717, 1.165) is 25.8 Å². The smallest absolute Gasteiger partial charge is 0.315 e. The minimum Gasteiger partial charge on any atom is -0.315 e. The number of carbonyl (C=O) groups is 2. The summed E-state index contributed by atoms with van der Waals surface area (Å²) < 4.78 is 0. The van der Waals surface area contributed by atoms with Gasteiger partial charge in [0.1, 0.15) is 6.54 Å². The van der Waals surface area contributed by atoms with Crippen LogP contribution in [0.15, 0.2) is 0 Å². The highest BCUT2D eigenvalue weighted by molar-refractivity contribution is 6.01. The maximum absolute atomic E-state index is 11.6. The minimum atomic E-state index is -0.117. The van der Waals surface area contributed by atoms with Gasteiger partial charge in [0.05, 0.1) is 0 Å². The van der Waals surface area contributed by atoms with Gasteiger partial charge in [-0.3, -0.25) is 9.69 Å². The molecule has 3 amide bonds. The van der Waals surface area contributed by atoms with Crippen LogP contribution in [-0.2, 0) is 4.79 Å². The zero-order valence-electron chi connectivity index (χ0n) is 8.95. The number of amides is 3. The normalized spacial score (nSPS) is 17.0. The second kappa shape index (κ2) is 4.98. The lowest BCUT2D eigenvalue weighted by atomic mass is 10.2. The van der Waals surface area contributed by atoms with E-state index in [2.05, 4.69) is 6.92 Å². The largest absolute Gasteiger partial charge is 0.327 e. The van der Waals surface area contributed by atoms with Crippen LogP contribution in [0.2, 0.25) is 0 Å². The Kier molecular flexibility index (Phi) is 3.92. The predicted octanol–water partition coefficient (Wildman–Crippen LogP) is 1.46. The van der Waals surface area contributed by atoms with E-state index in [1.165, 1.54) is 4.90 Å². The van der Waals surface area contributed by atoms with Gasteiger partial charge in [0.2, 0.25) is 5.91 Å². The van der Waals surface area contributed by atoms with E-state index in [4.69, 9.17) is 0 Å². The van der Waals surface area contributed by atoms with Crippen LogP contribution in [0.5, 0.6) is 0 Å². The van der Waals surface area contributed by atoms with Crippen molar-refractivity contribution >= 4 is 11.9 Å². The molecule has 0 atom stereocenters. The van der Waals surface area contributed by atoms with Gasteiger partial charge in [-0.05, 0) is 13.3 Å². The predicted molar refractivity (Wildman–Crippen MR) is 53.9 cm³/mol. The number of hydrogen-bond acceptors (Lipinski definition) is 2. The monoisotopic (exact) mass is 198 g/mol. The van der Waals surface area contributed by atoms with Gasteiger partial charge in [-0.2, -0.15) is 0 Å². The second-order valence-electron chi connectivity index (χ2n) is 3.55. The fraction of sp³-hybridized carbons (Fsp3) is 0.800. The minimum absolute atomic E-state index is 0.0611. The van der Waals surface area contributed by atoms with Gasteiger partial charge >= 0.3 is 6.03 Å². The number of nitrogens with zero attached hydrogens (tertiary/aromatic N) is 2. The van der Waals surface area contributed by atoms with Crippen LogP contribution in [0.25, 0.3) is 0 Å². The molecule has 1 aliphatic rings. The summed E-state index contributed by atoms with van der Waals surface area (Å²) in [5, 5.41) is 0. The van der Waals surface area contributed by atoms with Crippen molar-refractivity contribution in [3.63, 3.8) is 0 Å². The molecular formula is C10H18N2O2. The van der Waals surface area contributed by atoms with Gasteiger partial charge in [-0.25, -0.2) is 4.79 Å². The van der Waals surface area contributed by atoms with Gasteiger partial charge in [-0.1, -0.05) is 19.8 Å². The van der Waals surface area contributed by atoms with E-state index in [0.29, 0.717) is 6.54 Å². The summed E-state index contributed by atoms with van der Waals surface area (Å²) in [7, 11) is 0. The first-order valence-corrected chi connectivity index (χ1v) is 5.30. The van der Waals surface area contributed by atoms with Crippen LogP contribution >= 0.6 is 0 Å². The van der Waals surface area contributed by atoms with Crippen LogP contribution in [0, 0.1) is 0 Å². The summed E-state index contributed by atoms with van der Waals surface area (Å²) in [4.78, 5) is 25.8. The average Bonchev–Trinajstić information content (AvgIpc) is 2.42. The highest BCUT2D eigenvalue weighted by atomic mass is 16.2. The standard InChI is InChI=1S/C10H18N2O2/c1-3-5-6-7-11-8-9(13)12(4-2)10(11)14/h3-8H2,1-2H3. The van der Waals surface area contributed by atoms with Crippen LogP contribution < -0.4 is 0 Å². The molecule has 0 unspecified atom stereocenters. The topological polar surface area (TPSA) is 40.6 Å². The fourth-order valence-corrected chi connectivity index (χ4v) is 1.63. The third-order valence-corrected chi connectivity index (χ3v) is 2.48. The Labute approximate surface area is 84.9 Å². The highest BCUT2D eigenvalue weighted by Crippen LogP contribution is 2.10. The third kappa shape index (κ3) is 2.25. The summed E-state index contributed by atoms with van der Waals surface area (Å²) in [6, 6.07) is -0.117. The molecule has 1 heterocycles. The molecule has 1 saturated heterocycles. The Balaban J connectivity index is 2.41. The zero-order valence-corrected chi connectivity index (χ0v) is 8.95. The Bertz CT molecular complexity index is 228. The van der Waals surface area contributed by atoms with Gasteiger partial charge in [0, 0.05) is 13.1 Å². The van der Waals surface area contributed by atoms with Crippen molar-refractivity contribution in [2.75, 3.05) is 19.6 Å². The summed E-state index contributed by atoms with van der Waals surface area (Å²) in [5.74, 6) is -0.0611. The first kappa shape index (κ1) is 11.0. The van der Waals surface area contributed by atoms with Crippen molar-refractivity contribution < 1.29 is 9.59 Å². The van der Waals surface area contributed by atoms with E-state index in [1.54, 1.807) is 4.90 Å². The van der Waals surface area contributed by atoms with Gasteiger partial charge in [0.25, 0.3) is 0 Å². The molecule has 1 aliphatic heterocycles. The van der Waals surface area contributed by atoms with Crippen LogP contribution in [-0.4, -0.2) is 41.4 Å². The van der Waals surface area contributed by atoms with Crippen LogP contribution in [0.4, 0.5) is 4.79 Å². The van der Waals surface area contributed by atoms with Crippen molar-refractivity contribution in [1.29, 1.82) is 0 Å². The molecule has 4 heteroatoms. The first-order chi connectivity index (χ1) is 6.70. The van der Waals surface area contributed by atoms with Crippen molar-refractivity contribution in [3.05, 3.63) is 0 Å². The Hall–Kier alpha value is -1.06. The molecule has 80 valence electrons. The first-order valence-electron chi connectivity index (χ1n) is 5.30. The quantitative estimate of drug-likeness (QED) is 0.495. The lowest BCUT2D eigenvalue weighted by molar-refractivity contribution is -0.125. The van der Waals surface area contributed by atoms with E-state index in [9.17, 15) is 9.59 Å². The third-order valence-electron chi connectivity index (χ3n) is 2.48. The molecule has 0 radical (unpaired) electrons. The molecule has 0 aromatic heterocycles. The zero-order chi connectivity index (χ0) is 10.6. The SMILES string of the molecule is CCCCCN1CC(=O)N(CC)C1=O. The number of rotatable bonds is 5. The van der Waals surface area contributed by atoms with E-state index >= 15 is 0 Å². The molecule has 0 aromatic rings. The molecule has 1 fully saturated rings. The Morgan fingerprint density at radius 2 is 1.93 bits per heavy atom. The molecule has 1 rings (SSSR count). The number of hydrogen-bond donors (Lipinski definition) is 0. The maximum Gasteiger partial charge on any atom is 0.327 e. The molecule has 0 aromatic carbocycles. The average molecular weight is 198 g/mol.